The highest BCUT2D eigenvalue weighted by Gasteiger charge is 2.44. The molecule has 0 radical (unpaired) electrons. The van der Waals surface area contributed by atoms with E-state index in [0.29, 0.717) is 6.42 Å². The van der Waals surface area contributed by atoms with Gasteiger partial charge in [-0.05, 0) is 18.8 Å². The molecule has 1 aliphatic rings. The quantitative estimate of drug-likeness (QED) is 0.852. The molecule has 1 N–H and O–H groups in total. The van der Waals surface area contributed by atoms with E-state index in [1.54, 1.807) is 19.2 Å². The maximum Gasteiger partial charge on any atom is 0.392 e. The van der Waals surface area contributed by atoms with Crippen molar-refractivity contribution in [3.8, 4) is 11.3 Å². The lowest BCUT2D eigenvalue weighted by Crippen LogP contribution is -2.34. The SMILES string of the molecule is Cn1cc(-c2cn(C[C@@H]3CC=CC[C@H]3C(F)(F)F)nn2)c(C(=O)O)n1. The van der Waals surface area contributed by atoms with E-state index in [0.717, 1.165) is 0 Å². The van der Waals surface area contributed by atoms with Crippen molar-refractivity contribution in [2.45, 2.75) is 25.6 Å². The Kier molecular flexibility index (Phi) is 4.36. The molecule has 0 saturated carbocycles. The fraction of sp³-hybridized carbons (Fsp3) is 0.467. The third-order valence-corrected chi connectivity index (χ3v) is 4.25. The molecule has 0 unspecified atom stereocenters. The number of nitrogens with zero attached hydrogens (tertiary/aromatic N) is 5. The third-order valence-electron chi connectivity index (χ3n) is 4.25. The molecule has 0 saturated heterocycles. The molecule has 0 fully saturated rings. The summed E-state index contributed by atoms with van der Waals surface area (Å²) in [7, 11) is 1.57. The molecule has 25 heavy (non-hydrogen) atoms. The molecule has 7 nitrogen and oxygen atoms in total. The Hall–Kier alpha value is -2.65. The zero-order valence-electron chi connectivity index (χ0n) is 13.3. The summed E-state index contributed by atoms with van der Waals surface area (Å²) in [5.74, 6) is -3.26. The third kappa shape index (κ3) is 3.57. The van der Waals surface area contributed by atoms with Gasteiger partial charge in [0.1, 0.15) is 5.69 Å². The molecule has 10 heteroatoms. The molecule has 0 amide bonds. The van der Waals surface area contributed by atoms with Crippen molar-refractivity contribution in [3.63, 3.8) is 0 Å². The van der Waals surface area contributed by atoms with E-state index in [1.165, 1.54) is 21.8 Å². The first kappa shape index (κ1) is 17.2. The first-order valence-corrected chi connectivity index (χ1v) is 7.65. The van der Waals surface area contributed by atoms with Crippen LogP contribution in [0.2, 0.25) is 0 Å². The van der Waals surface area contributed by atoms with Gasteiger partial charge >= 0.3 is 12.1 Å². The Balaban J connectivity index is 1.82. The molecule has 2 aromatic heterocycles. The minimum Gasteiger partial charge on any atom is -0.476 e. The van der Waals surface area contributed by atoms with Crippen LogP contribution in [0.15, 0.2) is 24.5 Å². The molecule has 0 spiro atoms. The van der Waals surface area contributed by atoms with Gasteiger partial charge in [-0.3, -0.25) is 9.36 Å². The lowest BCUT2D eigenvalue weighted by molar-refractivity contribution is -0.190. The Morgan fingerprint density at radius 3 is 2.72 bits per heavy atom. The van der Waals surface area contributed by atoms with Crippen molar-refractivity contribution in [2.24, 2.45) is 18.9 Å². The normalized spacial score (nSPS) is 20.8. The standard InChI is InChI=1S/C15H16F3N5O2/c1-22-7-10(13(20-22)14(24)25)12-8-23(21-19-12)6-9-4-2-3-5-11(9)15(16,17)18/h2-3,7-9,11H,4-6H2,1H3,(H,24,25)/t9-,11+/m0/s1. The summed E-state index contributed by atoms with van der Waals surface area (Å²) in [6.07, 6.45) is 2.24. The highest BCUT2D eigenvalue weighted by Crippen LogP contribution is 2.39. The number of aryl methyl sites for hydroxylation is 1. The monoisotopic (exact) mass is 355 g/mol. The molecule has 0 aromatic carbocycles. The van der Waals surface area contributed by atoms with Crippen LogP contribution in [0.1, 0.15) is 23.3 Å². The average Bonchev–Trinajstić information content (AvgIpc) is 3.13. The largest absolute Gasteiger partial charge is 0.476 e. The van der Waals surface area contributed by atoms with Crippen LogP contribution in [-0.4, -0.2) is 42.0 Å². The topological polar surface area (TPSA) is 85.8 Å². The van der Waals surface area contributed by atoms with Gasteiger partial charge in [0.15, 0.2) is 5.69 Å². The molecule has 2 atom stereocenters. The van der Waals surface area contributed by atoms with E-state index < -0.39 is 24.0 Å². The smallest absolute Gasteiger partial charge is 0.392 e. The van der Waals surface area contributed by atoms with Gasteiger partial charge in [-0.2, -0.15) is 18.3 Å². The number of hydrogen-bond donors (Lipinski definition) is 1. The highest BCUT2D eigenvalue weighted by molar-refractivity contribution is 5.93. The molecule has 2 aromatic rings. The number of hydrogen-bond acceptors (Lipinski definition) is 4. The zero-order chi connectivity index (χ0) is 18.2. The lowest BCUT2D eigenvalue weighted by atomic mass is 9.82. The predicted molar refractivity (Wildman–Crippen MR) is 80.6 cm³/mol. The number of carboxylic acid groups (broad SMARTS) is 1. The van der Waals surface area contributed by atoms with Crippen molar-refractivity contribution in [1.29, 1.82) is 0 Å². The second kappa shape index (κ2) is 6.34. The summed E-state index contributed by atoms with van der Waals surface area (Å²) in [4.78, 5) is 11.2. The highest BCUT2D eigenvalue weighted by atomic mass is 19.4. The zero-order valence-corrected chi connectivity index (χ0v) is 13.3. The fourth-order valence-corrected chi connectivity index (χ4v) is 3.06. The van der Waals surface area contributed by atoms with Crippen LogP contribution in [0.4, 0.5) is 13.2 Å². The van der Waals surface area contributed by atoms with Crippen molar-refractivity contribution >= 4 is 5.97 Å². The summed E-state index contributed by atoms with van der Waals surface area (Å²) >= 11 is 0. The fourth-order valence-electron chi connectivity index (χ4n) is 3.06. The van der Waals surface area contributed by atoms with E-state index in [4.69, 9.17) is 5.11 Å². The van der Waals surface area contributed by atoms with Crippen LogP contribution in [0.25, 0.3) is 11.3 Å². The first-order valence-electron chi connectivity index (χ1n) is 7.65. The van der Waals surface area contributed by atoms with Crippen LogP contribution in [0.5, 0.6) is 0 Å². The Morgan fingerprint density at radius 1 is 1.32 bits per heavy atom. The number of halogens is 3. The van der Waals surface area contributed by atoms with E-state index >= 15 is 0 Å². The number of alkyl halides is 3. The number of carbonyl (C=O) groups is 1. The molecule has 2 heterocycles. The summed E-state index contributed by atoms with van der Waals surface area (Å²) in [6, 6.07) is 0. The number of allylic oxidation sites excluding steroid dienone is 2. The Labute approximate surface area is 140 Å². The van der Waals surface area contributed by atoms with Gasteiger partial charge in [0.05, 0.1) is 17.7 Å². The van der Waals surface area contributed by atoms with E-state index in [9.17, 15) is 18.0 Å². The Morgan fingerprint density at radius 2 is 2.04 bits per heavy atom. The molecule has 0 aliphatic heterocycles. The minimum atomic E-state index is -4.27. The van der Waals surface area contributed by atoms with Gasteiger partial charge in [0, 0.05) is 19.8 Å². The van der Waals surface area contributed by atoms with Crippen LogP contribution in [-0.2, 0) is 13.6 Å². The first-order chi connectivity index (χ1) is 11.8. The van der Waals surface area contributed by atoms with Crippen molar-refractivity contribution in [3.05, 3.63) is 30.2 Å². The van der Waals surface area contributed by atoms with Gasteiger partial charge in [-0.15, -0.1) is 5.10 Å². The summed E-state index contributed by atoms with van der Waals surface area (Å²) < 4.78 is 42.1. The van der Waals surface area contributed by atoms with Crippen molar-refractivity contribution in [2.75, 3.05) is 0 Å². The maximum absolute atomic E-state index is 13.2. The van der Waals surface area contributed by atoms with Gasteiger partial charge in [0.25, 0.3) is 0 Å². The second-order valence-electron chi connectivity index (χ2n) is 6.05. The Bertz CT molecular complexity index is 808. The number of aromatic nitrogens is 5. The molecule has 0 bridgehead atoms. The van der Waals surface area contributed by atoms with Crippen LogP contribution in [0, 0.1) is 11.8 Å². The summed E-state index contributed by atoms with van der Waals surface area (Å²) in [5, 5.41) is 20.8. The molecule has 134 valence electrons. The van der Waals surface area contributed by atoms with Gasteiger partial charge in [-0.1, -0.05) is 17.4 Å². The van der Waals surface area contributed by atoms with E-state index in [1.807, 2.05) is 0 Å². The van der Waals surface area contributed by atoms with E-state index in [-0.39, 0.29) is 29.9 Å². The summed E-state index contributed by atoms with van der Waals surface area (Å²) in [5.41, 5.74) is 0.362. The van der Waals surface area contributed by atoms with E-state index in [2.05, 4.69) is 15.4 Å². The maximum atomic E-state index is 13.2. The molecular weight excluding hydrogens is 339 g/mol. The molecule has 3 rings (SSSR count). The van der Waals surface area contributed by atoms with Crippen LogP contribution < -0.4 is 0 Å². The van der Waals surface area contributed by atoms with Crippen LogP contribution >= 0.6 is 0 Å². The number of rotatable bonds is 4. The molecular formula is C15H16F3N5O2. The van der Waals surface area contributed by atoms with Crippen LogP contribution in [0.3, 0.4) is 0 Å². The molecule has 1 aliphatic carbocycles. The average molecular weight is 355 g/mol. The van der Waals surface area contributed by atoms with Gasteiger partial charge < -0.3 is 5.11 Å². The van der Waals surface area contributed by atoms with Gasteiger partial charge in [-0.25, -0.2) is 4.79 Å². The van der Waals surface area contributed by atoms with Gasteiger partial charge in [0.2, 0.25) is 0 Å². The number of aromatic carboxylic acids is 1. The van der Waals surface area contributed by atoms with Crippen molar-refractivity contribution in [1.82, 2.24) is 24.8 Å². The summed E-state index contributed by atoms with van der Waals surface area (Å²) in [6.45, 7) is 0.0597. The number of carboxylic acids is 1. The second-order valence-corrected chi connectivity index (χ2v) is 6.05. The minimum absolute atomic E-state index is 0.0402. The predicted octanol–water partition coefficient (Wildman–Crippen LogP) is 2.52. The lowest BCUT2D eigenvalue weighted by Gasteiger charge is -2.29. The van der Waals surface area contributed by atoms with Crippen molar-refractivity contribution < 1.29 is 23.1 Å².